The number of nitrogens with zero attached hydrogens (tertiary/aromatic N) is 6. The van der Waals surface area contributed by atoms with Crippen LogP contribution < -0.4 is 4.90 Å². The van der Waals surface area contributed by atoms with E-state index in [1.165, 1.54) is 0 Å². The maximum Gasteiger partial charge on any atom is 0.410 e. The van der Waals surface area contributed by atoms with E-state index in [-0.39, 0.29) is 18.0 Å². The first-order valence-electron chi connectivity index (χ1n) is 8.95. The number of aromatic amines is 1. The summed E-state index contributed by atoms with van der Waals surface area (Å²) in [6.07, 6.45) is -0.332. The van der Waals surface area contributed by atoms with Crippen molar-refractivity contribution in [1.82, 2.24) is 29.7 Å². The maximum absolute atomic E-state index is 12.2. The molecule has 10 nitrogen and oxygen atoms in total. The van der Waals surface area contributed by atoms with Crippen LogP contribution in [-0.4, -0.2) is 95.4 Å². The van der Waals surface area contributed by atoms with Gasteiger partial charge in [0, 0.05) is 39.3 Å². The van der Waals surface area contributed by atoms with E-state index in [9.17, 15) is 4.79 Å². The number of hydrogen-bond acceptors (Lipinski definition) is 8. The molecule has 2 aliphatic rings. The number of carbonyl (C=O) groups excluding carboxylic acids is 1. The smallest absolute Gasteiger partial charge is 0.410 e. The van der Waals surface area contributed by atoms with Crippen molar-refractivity contribution in [3.8, 4) is 0 Å². The molecule has 2 aromatic rings. The van der Waals surface area contributed by atoms with E-state index in [0.717, 1.165) is 26.2 Å². The molecule has 0 saturated carbocycles. The molecule has 4 rings (SSSR count). The van der Waals surface area contributed by atoms with Crippen LogP contribution in [0.15, 0.2) is 0 Å². The predicted octanol–water partition coefficient (Wildman–Crippen LogP) is 0.727. The number of ether oxygens (including phenoxy) is 2. The number of hydrogen-bond donors (Lipinski definition) is 1. The summed E-state index contributed by atoms with van der Waals surface area (Å²) in [5.74, 6) is 1.20. The summed E-state index contributed by atoms with van der Waals surface area (Å²) in [6.45, 7) is 5.76. The zero-order valence-corrected chi connectivity index (χ0v) is 15.9. The van der Waals surface area contributed by atoms with E-state index in [1.807, 2.05) is 7.05 Å². The molecule has 2 aromatic heterocycles. The van der Waals surface area contributed by atoms with Crippen LogP contribution in [0.1, 0.15) is 5.82 Å². The molecule has 27 heavy (non-hydrogen) atoms. The van der Waals surface area contributed by atoms with E-state index in [2.05, 4.69) is 29.7 Å². The van der Waals surface area contributed by atoms with Crippen molar-refractivity contribution in [2.75, 3.05) is 64.4 Å². The number of nitrogens with one attached hydrogen (secondary N) is 1. The molecule has 1 amide bonds. The van der Waals surface area contributed by atoms with Crippen molar-refractivity contribution < 1.29 is 14.3 Å². The Hall–Kier alpha value is -2.17. The van der Waals surface area contributed by atoms with Crippen LogP contribution in [0.4, 0.5) is 10.6 Å². The number of fused-ring (bicyclic) bond motifs is 1. The number of anilines is 1. The highest BCUT2D eigenvalue weighted by Gasteiger charge is 2.22. The molecule has 1 N–H and O–H groups in total. The summed E-state index contributed by atoms with van der Waals surface area (Å²) in [4.78, 5) is 34.3. The van der Waals surface area contributed by atoms with Gasteiger partial charge in [-0.2, -0.15) is 9.97 Å². The van der Waals surface area contributed by atoms with Gasteiger partial charge < -0.3 is 29.2 Å². The third-order valence-corrected chi connectivity index (χ3v) is 4.93. The second kappa shape index (κ2) is 7.83. The van der Waals surface area contributed by atoms with Gasteiger partial charge in [-0.15, -0.1) is 0 Å². The zero-order valence-electron chi connectivity index (χ0n) is 15.1. The molecule has 0 bridgehead atoms. The van der Waals surface area contributed by atoms with Crippen molar-refractivity contribution in [2.45, 2.75) is 6.61 Å². The molecule has 0 atom stereocenters. The van der Waals surface area contributed by atoms with E-state index >= 15 is 0 Å². The Bertz CT molecular complexity index is 816. The lowest BCUT2D eigenvalue weighted by atomic mass is 10.3. The van der Waals surface area contributed by atoms with Crippen molar-refractivity contribution >= 4 is 34.7 Å². The number of rotatable bonds is 3. The van der Waals surface area contributed by atoms with Crippen LogP contribution in [0.2, 0.25) is 5.28 Å². The Morgan fingerprint density at radius 3 is 2.63 bits per heavy atom. The number of carbonyl (C=O) groups is 1. The summed E-state index contributed by atoms with van der Waals surface area (Å²) in [6, 6.07) is 0. The average Bonchev–Trinajstić information content (AvgIpc) is 3.09. The van der Waals surface area contributed by atoms with Gasteiger partial charge in [-0.25, -0.2) is 9.78 Å². The lowest BCUT2D eigenvalue weighted by Gasteiger charge is -2.31. The fraction of sp³-hybridized carbons (Fsp3) is 0.625. The fourth-order valence-electron chi connectivity index (χ4n) is 3.19. The first-order chi connectivity index (χ1) is 13.1. The number of likely N-dealkylation sites (N-methyl/N-ethyl adjacent to an activating group) is 1. The van der Waals surface area contributed by atoms with Crippen molar-refractivity contribution in [1.29, 1.82) is 0 Å². The Labute approximate surface area is 161 Å². The SMILES string of the molecule is CN1CCN(C(=O)OCc2nc3nc(Cl)nc(N4CCOCC4)c3[nH]2)CC1. The third kappa shape index (κ3) is 4.07. The lowest BCUT2D eigenvalue weighted by Crippen LogP contribution is -2.47. The van der Waals surface area contributed by atoms with Gasteiger partial charge in [0.1, 0.15) is 11.3 Å². The highest BCUT2D eigenvalue weighted by Crippen LogP contribution is 2.24. The number of aromatic nitrogens is 4. The highest BCUT2D eigenvalue weighted by molar-refractivity contribution is 6.28. The van der Waals surface area contributed by atoms with Gasteiger partial charge >= 0.3 is 6.09 Å². The normalized spacial score (nSPS) is 18.9. The molecule has 2 fully saturated rings. The lowest BCUT2D eigenvalue weighted by molar-refractivity contribution is 0.0753. The molecular formula is C16H22ClN7O3. The van der Waals surface area contributed by atoms with Crippen LogP contribution in [0, 0.1) is 0 Å². The number of imidazole rings is 1. The number of morpholine rings is 1. The van der Waals surface area contributed by atoms with E-state index in [1.54, 1.807) is 4.90 Å². The molecule has 0 spiro atoms. The molecule has 4 heterocycles. The Morgan fingerprint density at radius 2 is 1.89 bits per heavy atom. The number of H-pyrrole nitrogens is 1. The first-order valence-corrected chi connectivity index (χ1v) is 9.33. The molecule has 0 aliphatic carbocycles. The van der Waals surface area contributed by atoms with Gasteiger partial charge in [0.05, 0.1) is 13.2 Å². The summed E-state index contributed by atoms with van der Waals surface area (Å²) >= 11 is 6.06. The average molecular weight is 396 g/mol. The van der Waals surface area contributed by atoms with E-state index in [4.69, 9.17) is 21.1 Å². The van der Waals surface area contributed by atoms with E-state index < -0.39 is 0 Å². The minimum atomic E-state index is -0.332. The quantitative estimate of drug-likeness (QED) is 0.759. The summed E-state index contributed by atoms with van der Waals surface area (Å²) < 4.78 is 10.8. The van der Waals surface area contributed by atoms with Crippen LogP contribution >= 0.6 is 11.6 Å². The van der Waals surface area contributed by atoms with Crippen LogP contribution in [0.25, 0.3) is 11.2 Å². The van der Waals surface area contributed by atoms with Gasteiger partial charge in [0.25, 0.3) is 0 Å². The summed E-state index contributed by atoms with van der Waals surface area (Å²) in [7, 11) is 2.04. The maximum atomic E-state index is 12.2. The first kappa shape index (κ1) is 18.2. The topological polar surface area (TPSA) is 99.7 Å². The molecule has 2 aliphatic heterocycles. The Balaban J connectivity index is 1.47. The molecule has 11 heteroatoms. The van der Waals surface area contributed by atoms with Gasteiger partial charge in [0.15, 0.2) is 18.1 Å². The molecule has 146 valence electrons. The minimum absolute atomic E-state index is 0.0434. The van der Waals surface area contributed by atoms with Gasteiger partial charge in [0.2, 0.25) is 5.28 Å². The number of halogens is 1. The standard InChI is InChI=1S/C16H22ClN7O3/c1-22-2-4-24(5-3-22)16(25)27-10-11-18-12-13(19-11)20-15(17)21-14(12)23-6-8-26-9-7-23/h2-10H2,1H3,(H,18,19,20,21). The van der Waals surface area contributed by atoms with Gasteiger partial charge in [-0.05, 0) is 18.6 Å². The summed E-state index contributed by atoms with van der Waals surface area (Å²) in [5.41, 5.74) is 1.15. The number of amides is 1. The second-order valence-corrected chi connectivity index (χ2v) is 6.98. The Morgan fingerprint density at radius 1 is 1.15 bits per heavy atom. The van der Waals surface area contributed by atoms with Crippen molar-refractivity contribution in [3.05, 3.63) is 11.1 Å². The van der Waals surface area contributed by atoms with Gasteiger partial charge in [-0.1, -0.05) is 0 Å². The highest BCUT2D eigenvalue weighted by atomic mass is 35.5. The summed E-state index contributed by atoms with van der Waals surface area (Å²) in [5, 5.41) is 0.136. The van der Waals surface area contributed by atoms with Gasteiger partial charge in [-0.3, -0.25) is 0 Å². The fourth-order valence-corrected chi connectivity index (χ4v) is 3.35. The number of piperazine rings is 1. The molecule has 2 saturated heterocycles. The van der Waals surface area contributed by atoms with Crippen LogP contribution in [0.3, 0.4) is 0 Å². The zero-order chi connectivity index (χ0) is 18.8. The second-order valence-electron chi connectivity index (χ2n) is 6.64. The molecule has 0 unspecified atom stereocenters. The van der Waals surface area contributed by atoms with Crippen LogP contribution in [0.5, 0.6) is 0 Å². The van der Waals surface area contributed by atoms with Crippen molar-refractivity contribution in [3.63, 3.8) is 0 Å². The molecular weight excluding hydrogens is 374 g/mol. The Kier molecular flexibility index (Phi) is 5.28. The molecule has 0 radical (unpaired) electrons. The minimum Gasteiger partial charge on any atom is -0.441 e. The largest absolute Gasteiger partial charge is 0.441 e. The van der Waals surface area contributed by atoms with Crippen molar-refractivity contribution in [2.24, 2.45) is 0 Å². The van der Waals surface area contributed by atoms with E-state index in [0.29, 0.717) is 49.1 Å². The molecule has 0 aromatic carbocycles. The predicted molar refractivity (Wildman–Crippen MR) is 99.0 cm³/mol. The third-order valence-electron chi connectivity index (χ3n) is 4.76. The van der Waals surface area contributed by atoms with Crippen LogP contribution in [-0.2, 0) is 16.1 Å². The monoisotopic (exact) mass is 395 g/mol.